The highest BCUT2D eigenvalue weighted by molar-refractivity contribution is 6.30. The summed E-state index contributed by atoms with van der Waals surface area (Å²) in [5.74, 6) is 0.438. The number of carbonyl (C=O) groups excluding carboxylic acids is 1. The number of hydrogen-bond acceptors (Lipinski definition) is 9. The lowest BCUT2D eigenvalue weighted by molar-refractivity contribution is -0.0343. The molecular formula is C27H38ClN7O3. The average Bonchev–Trinajstić information content (AvgIpc) is 3.37. The van der Waals surface area contributed by atoms with E-state index in [0.717, 1.165) is 31.5 Å². The summed E-state index contributed by atoms with van der Waals surface area (Å²) in [6.45, 7) is 5.70. The number of methoxy groups -OCH3 is 1. The number of carbonyl (C=O) groups is 1. The number of hydrogen-bond donors (Lipinski definition) is 4. The molecule has 2 fully saturated rings. The van der Waals surface area contributed by atoms with Crippen molar-refractivity contribution in [2.45, 2.75) is 70.4 Å². The number of nitrogens with two attached hydrogens (primary N) is 1. The number of nitrogens with zero attached hydrogens (tertiary/aromatic N) is 3. The van der Waals surface area contributed by atoms with E-state index in [1.54, 1.807) is 13.2 Å². The Morgan fingerprint density at radius 2 is 1.97 bits per heavy atom. The van der Waals surface area contributed by atoms with Gasteiger partial charge in [-0.3, -0.25) is 5.41 Å². The first-order valence-corrected chi connectivity index (χ1v) is 13.6. The van der Waals surface area contributed by atoms with Gasteiger partial charge in [-0.2, -0.15) is 0 Å². The van der Waals surface area contributed by atoms with E-state index in [0.29, 0.717) is 28.1 Å². The van der Waals surface area contributed by atoms with Gasteiger partial charge in [-0.1, -0.05) is 43.0 Å². The van der Waals surface area contributed by atoms with Crippen LogP contribution in [0.3, 0.4) is 0 Å². The first-order chi connectivity index (χ1) is 18.2. The summed E-state index contributed by atoms with van der Waals surface area (Å²) in [6.07, 6.45) is 6.95. The van der Waals surface area contributed by atoms with Crippen LogP contribution in [0.1, 0.15) is 64.6 Å². The molecule has 1 aromatic heterocycles. The van der Waals surface area contributed by atoms with E-state index in [1.165, 1.54) is 32.1 Å². The number of amides is 1. The van der Waals surface area contributed by atoms with Gasteiger partial charge in [-0.25, -0.2) is 19.8 Å². The van der Waals surface area contributed by atoms with Crippen molar-refractivity contribution < 1.29 is 14.3 Å². The van der Waals surface area contributed by atoms with E-state index in [9.17, 15) is 4.79 Å². The second-order valence-electron chi connectivity index (χ2n) is 10.5. The monoisotopic (exact) mass is 543 g/mol. The molecule has 0 spiro atoms. The Bertz CT molecular complexity index is 1150. The van der Waals surface area contributed by atoms with Gasteiger partial charge < -0.3 is 25.9 Å². The Kier molecular flexibility index (Phi) is 9.07. The number of hydrazine groups is 1. The minimum Gasteiger partial charge on any atom is -0.388 e. The second kappa shape index (κ2) is 12.3. The van der Waals surface area contributed by atoms with Crippen molar-refractivity contribution in [3.8, 4) is 11.3 Å². The topological polar surface area (TPSA) is 138 Å². The molecule has 4 rings (SSSR count). The summed E-state index contributed by atoms with van der Waals surface area (Å²) in [4.78, 5) is 20.7. The predicted molar refractivity (Wildman–Crippen MR) is 149 cm³/mol. The molecule has 1 atom stereocenters. The normalized spacial score (nSPS) is 18.8. The maximum atomic E-state index is 11.4. The van der Waals surface area contributed by atoms with Crippen LogP contribution >= 0.6 is 11.6 Å². The standard InChI is InChI=1S/C27H38ClN7O3/c1-27(2,37-3)20-13-8-14-35(20)34-24-22(31-16-17-9-5-4-6-10-17)21(18-11-7-12-19(28)15-18)32-25(33-24)23(29)38-26(30)36/h7,11-12,15,17,20,29,31H,4-6,8-10,13-14,16H2,1-3H3,(H2,30,36)(H,32,33,34). The molecule has 2 heterocycles. The third-order valence-electron chi connectivity index (χ3n) is 7.54. The third-order valence-corrected chi connectivity index (χ3v) is 7.77. The predicted octanol–water partition coefficient (Wildman–Crippen LogP) is 5.43. The zero-order valence-electron chi connectivity index (χ0n) is 22.3. The van der Waals surface area contributed by atoms with E-state index >= 15 is 0 Å². The van der Waals surface area contributed by atoms with Crippen LogP contribution in [0.4, 0.5) is 16.3 Å². The molecule has 1 aliphatic heterocycles. The number of benzene rings is 1. The zero-order valence-corrected chi connectivity index (χ0v) is 23.1. The van der Waals surface area contributed by atoms with Crippen LogP contribution in [0.25, 0.3) is 11.3 Å². The van der Waals surface area contributed by atoms with Gasteiger partial charge in [0.25, 0.3) is 5.90 Å². The molecule has 0 bridgehead atoms. The molecule has 0 radical (unpaired) electrons. The Hall–Kier alpha value is -2.95. The van der Waals surface area contributed by atoms with Crippen LogP contribution in [0, 0.1) is 11.3 Å². The molecule has 5 N–H and O–H groups in total. The Balaban J connectivity index is 1.79. The van der Waals surface area contributed by atoms with Gasteiger partial charge in [0.15, 0.2) is 5.82 Å². The molecule has 10 nitrogen and oxygen atoms in total. The molecule has 1 aliphatic carbocycles. The van der Waals surface area contributed by atoms with Gasteiger partial charge in [-0.15, -0.1) is 0 Å². The Morgan fingerprint density at radius 3 is 2.66 bits per heavy atom. The molecule has 206 valence electrons. The number of halogens is 1. The molecule has 1 saturated carbocycles. The first-order valence-electron chi connectivity index (χ1n) is 13.2. The van der Waals surface area contributed by atoms with Gasteiger partial charge in [0.05, 0.1) is 17.3 Å². The summed E-state index contributed by atoms with van der Waals surface area (Å²) in [5.41, 5.74) is 10.3. The lowest BCUT2D eigenvalue weighted by Gasteiger charge is -2.37. The molecule has 2 aliphatic rings. The van der Waals surface area contributed by atoms with Crippen LogP contribution < -0.4 is 16.5 Å². The summed E-state index contributed by atoms with van der Waals surface area (Å²) in [7, 11) is 1.72. The first kappa shape index (κ1) is 28.1. The van der Waals surface area contributed by atoms with Gasteiger partial charge in [-0.05, 0) is 57.6 Å². The quantitative estimate of drug-likeness (QED) is 0.243. The second-order valence-corrected chi connectivity index (χ2v) is 11.0. The molecule has 2 aromatic rings. The van der Waals surface area contributed by atoms with Crippen molar-refractivity contribution >= 4 is 35.1 Å². The van der Waals surface area contributed by atoms with Crippen molar-refractivity contribution in [3.63, 3.8) is 0 Å². The van der Waals surface area contributed by atoms with Crippen molar-refractivity contribution in [1.29, 1.82) is 5.41 Å². The summed E-state index contributed by atoms with van der Waals surface area (Å²) in [6, 6.07) is 7.45. The van der Waals surface area contributed by atoms with E-state index in [1.807, 2.05) is 18.2 Å². The van der Waals surface area contributed by atoms with Crippen molar-refractivity contribution in [2.75, 3.05) is 30.9 Å². The Morgan fingerprint density at radius 1 is 1.21 bits per heavy atom. The zero-order chi connectivity index (χ0) is 27.3. The maximum Gasteiger partial charge on any atom is 0.411 e. The fourth-order valence-corrected chi connectivity index (χ4v) is 5.52. The van der Waals surface area contributed by atoms with Gasteiger partial charge in [0.2, 0.25) is 5.82 Å². The summed E-state index contributed by atoms with van der Waals surface area (Å²) >= 11 is 6.35. The average molecular weight is 544 g/mol. The number of primary amides is 1. The molecule has 11 heteroatoms. The number of anilines is 2. The van der Waals surface area contributed by atoms with Crippen molar-refractivity contribution in [1.82, 2.24) is 15.0 Å². The number of aromatic nitrogens is 2. The highest BCUT2D eigenvalue weighted by Gasteiger charge is 2.38. The highest BCUT2D eigenvalue weighted by atomic mass is 35.5. The fourth-order valence-electron chi connectivity index (χ4n) is 5.33. The fraction of sp³-hybridized carbons (Fsp3) is 0.556. The molecule has 1 aromatic carbocycles. The van der Waals surface area contributed by atoms with Crippen molar-refractivity contribution in [2.24, 2.45) is 11.7 Å². The van der Waals surface area contributed by atoms with Gasteiger partial charge in [0, 0.05) is 30.8 Å². The summed E-state index contributed by atoms with van der Waals surface area (Å²) < 4.78 is 10.7. The van der Waals surface area contributed by atoms with E-state index in [2.05, 4.69) is 39.6 Å². The van der Waals surface area contributed by atoms with Crippen LogP contribution in [0.2, 0.25) is 5.02 Å². The van der Waals surface area contributed by atoms with Crippen LogP contribution in [-0.2, 0) is 9.47 Å². The van der Waals surface area contributed by atoms with Crippen LogP contribution in [0.5, 0.6) is 0 Å². The number of rotatable bonds is 9. The SMILES string of the molecule is COC(C)(C)C1CCCN1Nc1nc(C(=N)OC(N)=O)nc(-c2cccc(Cl)c2)c1NCC1CCCCC1. The maximum absolute atomic E-state index is 11.4. The lowest BCUT2D eigenvalue weighted by Crippen LogP contribution is -2.49. The smallest absolute Gasteiger partial charge is 0.388 e. The molecule has 38 heavy (non-hydrogen) atoms. The van der Waals surface area contributed by atoms with E-state index in [4.69, 9.17) is 32.2 Å². The minimum atomic E-state index is -1.10. The number of nitrogens with one attached hydrogen (secondary N) is 3. The van der Waals surface area contributed by atoms with Crippen LogP contribution in [-0.4, -0.2) is 58.8 Å². The largest absolute Gasteiger partial charge is 0.411 e. The van der Waals surface area contributed by atoms with Crippen molar-refractivity contribution in [3.05, 3.63) is 35.1 Å². The summed E-state index contributed by atoms with van der Waals surface area (Å²) in [5, 5.41) is 14.6. The molecular weight excluding hydrogens is 506 g/mol. The van der Waals surface area contributed by atoms with Gasteiger partial charge in [0.1, 0.15) is 5.69 Å². The molecule has 1 saturated heterocycles. The highest BCUT2D eigenvalue weighted by Crippen LogP contribution is 2.37. The van der Waals surface area contributed by atoms with E-state index in [-0.39, 0.29) is 11.9 Å². The Labute approximate surface area is 229 Å². The molecule has 1 unspecified atom stereocenters. The minimum absolute atomic E-state index is 0.0637. The molecule has 1 amide bonds. The number of ether oxygens (including phenoxy) is 2. The third kappa shape index (κ3) is 6.73. The van der Waals surface area contributed by atoms with E-state index < -0.39 is 17.6 Å². The van der Waals surface area contributed by atoms with Crippen LogP contribution in [0.15, 0.2) is 24.3 Å². The lowest BCUT2D eigenvalue weighted by atomic mass is 9.89. The van der Waals surface area contributed by atoms with Gasteiger partial charge >= 0.3 is 6.09 Å².